The van der Waals surface area contributed by atoms with E-state index >= 15 is 0 Å². The molecule has 1 aromatic carbocycles. The number of nitrogens with zero attached hydrogens (tertiary/aromatic N) is 4. The topological polar surface area (TPSA) is 52.5 Å². The molecular formula is C17H22N4O. The van der Waals surface area contributed by atoms with E-state index in [2.05, 4.69) is 44.9 Å². The molecule has 3 heterocycles. The minimum absolute atomic E-state index is 0.145. The van der Waals surface area contributed by atoms with Crippen LogP contribution in [0.25, 0.3) is 11.0 Å². The lowest BCUT2D eigenvalue weighted by molar-refractivity contribution is 0.0529. The van der Waals surface area contributed by atoms with Gasteiger partial charge in [-0.3, -0.25) is 19.8 Å². The maximum absolute atomic E-state index is 9.87. The number of fused-ring (bicyclic) bond motifs is 2. The molecule has 0 spiro atoms. The number of piperazine rings is 1. The summed E-state index contributed by atoms with van der Waals surface area (Å²) in [6, 6.07) is 7.37. The summed E-state index contributed by atoms with van der Waals surface area (Å²) in [4.78, 5) is 13.7. The van der Waals surface area contributed by atoms with Crippen molar-refractivity contribution in [2.75, 3.05) is 19.6 Å². The average molecular weight is 298 g/mol. The Hall–Kier alpha value is -1.56. The van der Waals surface area contributed by atoms with Crippen LogP contribution in [0.1, 0.15) is 18.9 Å². The first kappa shape index (κ1) is 14.1. The van der Waals surface area contributed by atoms with E-state index < -0.39 is 0 Å². The summed E-state index contributed by atoms with van der Waals surface area (Å²) in [6.07, 6.45) is 4.24. The van der Waals surface area contributed by atoms with Gasteiger partial charge in [-0.05, 0) is 31.0 Å². The highest BCUT2D eigenvalue weighted by Gasteiger charge is 2.37. The predicted molar refractivity (Wildman–Crippen MR) is 85.4 cm³/mol. The molecule has 1 aromatic heterocycles. The summed E-state index contributed by atoms with van der Waals surface area (Å²) in [5, 5.41) is 9.87. The minimum Gasteiger partial charge on any atom is -0.392 e. The van der Waals surface area contributed by atoms with Gasteiger partial charge < -0.3 is 5.11 Å². The molecule has 2 saturated heterocycles. The van der Waals surface area contributed by atoms with Crippen LogP contribution in [0.3, 0.4) is 0 Å². The second-order valence-electron chi connectivity index (χ2n) is 6.66. The van der Waals surface area contributed by atoms with E-state index in [-0.39, 0.29) is 6.10 Å². The lowest BCUT2D eigenvalue weighted by Crippen LogP contribution is -2.54. The Bertz CT molecular complexity index is 677. The van der Waals surface area contributed by atoms with Crippen molar-refractivity contribution < 1.29 is 5.11 Å². The first-order valence-corrected chi connectivity index (χ1v) is 8.05. The highest BCUT2D eigenvalue weighted by Crippen LogP contribution is 2.26. The van der Waals surface area contributed by atoms with Gasteiger partial charge in [-0.15, -0.1) is 0 Å². The predicted octanol–water partition coefficient (Wildman–Crippen LogP) is 1.27. The van der Waals surface area contributed by atoms with Gasteiger partial charge in [0.25, 0.3) is 0 Å². The number of hydrogen-bond donors (Lipinski definition) is 1. The van der Waals surface area contributed by atoms with Crippen LogP contribution in [0.15, 0.2) is 30.6 Å². The molecule has 5 heteroatoms. The first-order valence-electron chi connectivity index (χ1n) is 8.05. The summed E-state index contributed by atoms with van der Waals surface area (Å²) in [5.74, 6) is 0. The zero-order valence-corrected chi connectivity index (χ0v) is 12.9. The van der Waals surface area contributed by atoms with Crippen LogP contribution in [0.4, 0.5) is 0 Å². The maximum Gasteiger partial charge on any atom is 0.0890 e. The summed E-state index contributed by atoms with van der Waals surface area (Å²) >= 11 is 0. The van der Waals surface area contributed by atoms with Crippen molar-refractivity contribution in [2.24, 2.45) is 0 Å². The molecule has 4 rings (SSSR count). The number of benzene rings is 1. The second-order valence-corrected chi connectivity index (χ2v) is 6.66. The molecule has 2 aromatic rings. The van der Waals surface area contributed by atoms with Gasteiger partial charge in [-0.1, -0.05) is 6.07 Å². The molecule has 2 aliphatic heterocycles. The van der Waals surface area contributed by atoms with Crippen molar-refractivity contribution in [1.29, 1.82) is 0 Å². The van der Waals surface area contributed by atoms with E-state index in [1.165, 1.54) is 5.56 Å². The molecule has 0 bridgehead atoms. The molecular weight excluding hydrogens is 276 g/mol. The monoisotopic (exact) mass is 298 g/mol. The number of aliphatic hydroxyl groups is 1. The summed E-state index contributed by atoms with van der Waals surface area (Å²) in [5.41, 5.74) is 3.19. The zero-order chi connectivity index (χ0) is 15.1. The summed E-state index contributed by atoms with van der Waals surface area (Å²) < 4.78 is 0. The highest BCUT2D eigenvalue weighted by molar-refractivity contribution is 5.74. The average Bonchev–Trinajstić information content (AvgIpc) is 2.86. The Morgan fingerprint density at radius 3 is 2.82 bits per heavy atom. The largest absolute Gasteiger partial charge is 0.392 e. The number of rotatable bonds is 2. The van der Waals surface area contributed by atoms with Crippen molar-refractivity contribution in [3.63, 3.8) is 0 Å². The lowest BCUT2D eigenvalue weighted by Gasteiger charge is -2.42. The molecule has 22 heavy (non-hydrogen) atoms. The van der Waals surface area contributed by atoms with E-state index in [1.54, 1.807) is 12.4 Å². The first-order chi connectivity index (χ1) is 10.7. The third-order valence-electron chi connectivity index (χ3n) is 4.99. The van der Waals surface area contributed by atoms with Crippen molar-refractivity contribution in [2.45, 2.75) is 38.1 Å². The molecule has 0 aliphatic carbocycles. The molecule has 0 amide bonds. The molecule has 0 radical (unpaired) electrons. The van der Waals surface area contributed by atoms with Gasteiger partial charge in [0, 0.05) is 50.7 Å². The van der Waals surface area contributed by atoms with Crippen molar-refractivity contribution in [3.05, 3.63) is 36.2 Å². The minimum atomic E-state index is -0.145. The van der Waals surface area contributed by atoms with Crippen molar-refractivity contribution in [3.8, 4) is 0 Å². The van der Waals surface area contributed by atoms with Gasteiger partial charge in [0.15, 0.2) is 0 Å². The second kappa shape index (κ2) is 5.57. The van der Waals surface area contributed by atoms with Gasteiger partial charge in [0.05, 0.1) is 17.1 Å². The fourth-order valence-corrected chi connectivity index (χ4v) is 3.84. The molecule has 0 unspecified atom stereocenters. The van der Waals surface area contributed by atoms with Crippen LogP contribution in [-0.2, 0) is 6.54 Å². The van der Waals surface area contributed by atoms with E-state index in [4.69, 9.17) is 0 Å². The van der Waals surface area contributed by atoms with Gasteiger partial charge in [-0.25, -0.2) is 0 Å². The maximum atomic E-state index is 9.87. The Morgan fingerprint density at radius 2 is 1.95 bits per heavy atom. The van der Waals surface area contributed by atoms with Crippen LogP contribution in [0.2, 0.25) is 0 Å². The third-order valence-corrected chi connectivity index (χ3v) is 4.99. The SMILES string of the molecule is C[C@H]1CN2C[C@H](O)C[C@H]2CN1Cc1ccc2nccnc2c1. The quantitative estimate of drug-likeness (QED) is 0.905. The van der Waals surface area contributed by atoms with Crippen LogP contribution < -0.4 is 0 Å². The van der Waals surface area contributed by atoms with Crippen LogP contribution in [-0.4, -0.2) is 62.7 Å². The number of hydrogen-bond acceptors (Lipinski definition) is 5. The van der Waals surface area contributed by atoms with Crippen LogP contribution >= 0.6 is 0 Å². The lowest BCUT2D eigenvalue weighted by atomic mass is 10.1. The van der Waals surface area contributed by atoms with E-state index in [0.29, 0.717) is 12.1 Å². The van der Waals surface area contributed by atoms with Crippen LogP contribution in [0.5, 0.6) is 0 Å². The smallest absolute Gasteiger partial charge is 0.0890 e. The Morgan fingerprint density at radius 1 is 1.14 bits per heavy atom. The molecule has 2 fully saturated rings. The Balaban J connectivity index is 1.51. The highest BCUT2D eigenvalue weighted by atomic mass is 16.3. The van der Waals surface area contributed by atoms with E-state index in [1.807, 2.05) is 0 Å². The van der Waals surface area contributed by atoms with Gasteiger partial charge >= 0.3 is 0 Å². The standard InChI is InChI=1S/C17H22N4O/c1-12-8-21-11-15(22)7-14(21)10-20(12)9-13-2-3-16-17(6-13)19-5-4-18-16/h2-6,12,14-15,22H,7-11H2,1H3/t12-,14-,15+/m0/s1. The molecule has 1 N–H and O–H groups in total. The fourth-order valence-electron chi connectivity index (χ4n) is 3.84. The van der Waals surface area contributed by atoms with Gasteiger partial charge in [0.2, 0.25) is 0 Å². The van der Waals surface area contributed by atoms with E-state index in [0.717, 1.165) is 43.6 Å². The van der Waals surface area contributed by atoms with Crippen molar-refractivity contribution >= 4 is 11.0 Å². The molecule has 3 atom stereocenters. The summed E-state index contributed by atoms with van der Waals surface area (Å²) in [7, 11) is 0. The fraction of sp³-hybridized carbons (Fsp3) is 0.529. The van der Waals surface area contributed by atoms with Gasteiger partial charge in [0.1, 0.15) is 0 Å². The third kappa shape index (κ3) is 2.60. The normalized spacial score (nSPS) is 29.8. The van der Waals surface area contributed by atoms with Gasteiger partial charge in [-0.2, -0.15) is 0 Å². The van der Waals surface area contributed by atoms with E-state index in [9.17, 15) is 5.11 Å². The Labute approximate surface area is 130 Å². The number of aromatic nitrogens is 2. The molecule has 5 nitrogen and oxygen atoms in total. The zero-order valence-electron chi connectivity index (χ0n) is 12.9. The number of aliphatic hydroxyl groups excluding tert-OH is 1. The molecule has 116 valence electrons. The summed E-state index contributed by atoms with van der Waals surface area (Å²) in [6.45, 7) is 6.15. The molecule has 2 aliphatic rings. The molecule has 0 saturated carbocycles. The van der Waals surface area contributed by atoms with Crippen LogP contribution in [0, 0.1) is 0 Å². The van der Waals surface area contributed by atoms with Crippen molar-refractivity contribution in [1.82, 2.24) is 19.8 Å². The Kier molecular flexibility index (Phi) is 3.56.